The summed E-state index contributed by atoms with van der Waals surface area (Å²) in [6.07, 6.45) is 0. The highest BCUT2D eigenvalue weighted by Crippen LogP contribution is 2.36. The lowest BCUT2D eigenvalue weighted by molar-refractivity contribution is 0.591. The molecule has 94 valence electrons. The molecule has 0 radical (unpaired) electrons. The van der Waals surface area contributed by atoms with E-state index in [-0.39, 0.29) is 14.5 Å². The second-order valence-corrected chi connectivity index (χ2v) is 5.63. The van der Waals surface area contributed by atoms with Crippen molar-refractivity contribution >= 4 is 31.9 Å². The number of aryl methyl sites for hydroxylation is 2. The summed E-state index contributed by atoms with van der Waals surface area (Å²) < 4.78 is 28.0. The number of rotatable bonds is 1. The molecule has 1 aromatic heterocycles. The van der Waals surface area contributed by atoms with Crippen molar-refractivity contribution in [1.29, 1.82) is 0 Å². The fourth-order valence-electron chi connectivity index (χ4n) is 1.81. The molecule has 18 heavy (non-hydrogen) atoms. The smallest absolute Gasteiger partial charge is 0.152 e. The predicted octanol–water partition coefficient (Wildman–Crippen LogP) is 5.17. The summed E-state index contributed by atoms with van der Waals surface area (Å²) >= 11 is 6.08. The minimum absolute atomic E-state index is 0.0955. The summed E-state index contributed by atoms with van der Waals surface area (Å²) in [5.41, 5.74) is 2.35. The Morgan fingerprint density at radius 3 is 2.11 bits per heavy atom. The van der Waals surface area contributed by atoms with Gasteiger partial charge in [0.15, 0.2) is 5.82 Å². The van der Waals surface area contributed by atoms with E-state index in [1.807, 2.05) is 13.8 Å². The van der Waals surface area contributed by atoms with Crippen molar-refractivity contribution in [3.8, 4) is 11.1 Å². The Kier molecular flexibility index (Phi) is 3.82. The van der Waals surface area contributed by atoms with Crippen LogP contribution in [0.5, 0.6) is 0 Å². The van der Waals surface area contributed by atoms with Gasteiger partial charge in [-0.15, -0.1) is 0 Å². The summed E-state index contributed by atoms with van der Waals surface area (Å²) in [5, 5.41) is 0. The number of hydrogen-bond acceptors (Lipinski definition) is 1. The number of pyridine rings is 1. The molecule has 0 saturated carbocycles. The fourth-order valence-corrected chi connectivity index (χ4v) is 3.11. The maximum atomic E-state index is 14.0. The summed E-state index contributed by atoms with van der Waals surface area (Å²) in [7, 11) is 0. The molecular weight excluding hydrogens is 368 g/mol. The highest BCUT2D eigenvalue weighted by atomic mass is 79.9. The van der Waals surface area contributed by atoms with Crippen LogP contribution in [0.2, 0.25) is 0 Å². The van der Waals surface area contributed by atoms with E-state index in [0.717, 1.165) is 17.5 Å². The van der Waals surface area contributed by atoms with Crippen molar-refractivity contribution in [1.82, 2.24) is 4.98 Å². The first-order valence-corrected chi connectivity index (χ1v) is 6.77. The normalized spacial score (nSPS) is 10.8. The van der Waals surface area contributed by atoms with E-state index in [1.165, 1.54) is 0 Å². The molecule has 0 atom stereocenters. The quantitative estimate of drug-likeness (QED) is 0.494. The zero-order valence-electron chi connectivity index (χ0n) is 9.69. The molecule has 1 aromatic carbocycles. The van der Waals surface area contributed by atoms with Crippen LogP contribution in [-0.2, 0) is 0 Å². The highest BCUT2D eigenvalue weighted by molar-refractivity contribution is 9.11. The van der Waals surface area contributed by atoms with Gasteiger partial charge in [-0.3, -0.25) is 4.98 Å². The molecule has 2 aromatic rings. The molecule has 0 aliphatic rings. The molecule has 0 amide bonds. The van der Waals surface area contributed by atoms with Gasteiger partial charge in [-0.05, 0) is 69.5 Å². The van der Waals surface area contributed by atoms with Crippen molar-refractivity contribution in [2.45, 2.75) is 13.8 Å². The third kappa shape index (κ3) is 2.47. The predicted molar refractivity (Wildman–Crippen MR) is 74.5 cm³/mol. The van der Waals surface area contributed by atoms with Crippen LogP contribution in [0.1, 0.15) is 11.4 Å². The van der Waals surface area contributed by atoms with Crippen LogP contribution in [-0.4, -0.2) is 4.98 Å². The lowest BCUT2D eigenvalue weighted by Gasteiger charge is -2.10. The molecular formula is C13H9Br2F2N. The van der Waals surface area contributed by atoms with Gasteiger partial charge >= 0.3 is 0 Å². The fraction of sp³-hybridized carbons (Fsp3) is 0.154. The van der Waals surface area contributed by atoms with Crippen molar-refractivity contribution < 1.29 is 8.78 Å². The van der Waals surface area contributed by atoms with Crippen LogP contribution < -0.4 is 0 Å². The van der Waals surface area contributed by atoms with Crippen LogP contribution in [0, 0.1) is 25.5 Å². The Labute approximate surface area is 121 Å². The zero-order chi connectivity index (χ0) is 13.4. The minimum Gasteiger partial charge on any atom is -0.258 e. The number of nitrogens with zero attached hydrogens (tertiary/aromatic N) is 1. The summed E-state index contributed by atoms with van der Waals surface area (Å²) in [6, 6.07) is 4.58. The first kappa shape index (κ1) is 13.6. The third-order valence-corrected chi connectivity index (χ3v) is 3.81. The Hall–Kier alpha value is -0.810. The van der Waals surface area contributed by atoms with Crippen molar-refractivity contribution in [2.24, 2.45) is 0 Å². The van der Waals surface area contributed by atoms with E-state index in [1.54, 1.807) is 12.1 Å². The number of hydrogen-bond donors (Lipinski definition) is 0. The van der Waals surface area contributed by atoms with E-state index in [4.69, 9.17) is 0 Å². The molecule has 0 aliphatic carbocycles. The molecule has 1 heterocycles. The molecule has 0 aliphatic heterocycles. The Balaban J connectivity index is 2.75. The maximum absolute atomic E-state index is 14.0. The molecule has 0 spiro atoms. The number of halogens is 4. The van der Waals surface area contributed by atoms with Crippen molar-refractivity contribution in [2.75, 3.05) is 0 Å². The van der Waals surface area contributed by atoms with E-state index < -0.39 is 11.6 Å². The minimum atomic E-state index is -0.515. The van der Waals surface area contributed by atoms with Crippen LogP contribution in [0.15, 0.2) is 27.1 Å². The van der Waals surface area contributed by atoms with E-state index in [0.29, 0.717) is 5.56 Å². The van der Waals surface area contributed by atoms with Crippen LogP contribution in [0.25, 0.3) is 11.1 Å². The molecule has 0 fully saturated rings. The largest absolute Gasteiger partial charge is 0.258 e. The molecule has 0 unspecified atom stereocenters. The molecule has 2 rings (SSSR count). The van der Waals surface area contributed by atoms with E-state index in [9.17, 15) is 8.78 Å². The van der Waals surface area contributed by atoms with E-state index in [2.05, 4.69) is 36.8 Å². The Morgan fingerprint density at radius 1 is 1.00 bits per heavy atom. The van der Waals surface area contributed by atoms with Gasteiger partial charge in [0, 0.05) is 17.0 Å². The van der Waals surface area contributed by atoms with Crippen molar-refractivity contribution in [3.63, 3.8) is 0 Å². The van der Waals surface area contributed by atoms with Crippen LogP contribution >= 0.6 is 31.9 Å². The topological polar surface area (TPSA) is 12.9 Å². The first-order valence-electron chi connectivity index (χ1n) is 5.19. The summed E-state index contributed by atoms with van der Waals surface area (Å²) in [6.45, 7) is 3.63. The van der Waals surface area contributed by atoms with E-state index >= 15 is 0 Å². The Morgan fingerprint density at radius 2 is 1.56 bits per heavy atom. The highest BCUT2D eigenvalue weighted by Gasteiger charge is 2.17. The third-order valence-electron chi connectivity index (χ3n) is 2.48. The molecule has 0 N–H and O–H groups in total. The average Bonchev–Trinajstić information content (AvgIpc) is 2.24. The second-order valence-electron chi connectivity index (χ2n) is 3.98. The molecule has 0 bridgehead atoms. The summed E-state index contributed by atoms with van der Waals surface area (Å²) in [4.78, 5) is 4.22. The lowest BCUT2D eigenvalue weighted by atomic mass is 10.0. The lowest BCUT2D eigenvalue weighted by Crippen LogP contribution is -1.94. The van der Waals surface area contributed by atoms with Crippen molar-refractivity contribution in [3.05, 3.63) is 50.2 Å². The monoisotopic (exact) mass is 375 g/mol. The average molecular weight is 377 g/mol. The standard InChI is InChI=1S/C13H9Br2F2N/c1-6-3-8(4-7(2)18-6)11-10(16)5-9(14)13(17)12(11)15/h3-5H,1-2H3. The van der Waals surface area contributed by atoms with Crippen LogP contribution in [0.4, 0.5) is 8.78 Å². The number of benzene rings is 1. The van der Waals surface area contributed by atoms with Gasteiger partial charge in [0.2, 0.25) is 0 Å². The van der Waals surface area contributed by atoms with Gasteiger partial charge in [-0.25, -0.2) is 8.78 Å². The number of aromatic nitrogens is 1. The SMILES string of the molecule is Cc1cc(-c2c(F)cc(Br)c(F)c2Br)cc(C)n1. The van der Waals surface area contributed by atoms with Gasteiger partial charge in [0.05, 0.1) is 8.95 Å². The van der Waals surface area contributed by atoms with Gasteiger partial charge in [-0.1, -0.05) is 0 Å². The van der Waals surface area contributed by atoms with Gasteiger partial charge in [0.25, 0.3) is 0 Å². The zero-order valence-corrected chi connectivity index (χ0v) is 12.9. The van der Waals surface area contributed by atoms with Gasteiger partial charge in [-0.2, -0.15) is 0 Å². The van der Waals surface area contributed by atoms with Gasteiger partial charge < -0.3 is 0 Å². The molecule has 5 heteroatoms. The molecule has 0 saturated heterocycles. The summed E-state index contributed by atoms with van der Waals surface area (Å²) in [5.74, 6) is -1.00. The maximum Gasteiger partial charge on any atom is 0.152 e. The second kappa shape index (κ2) is 5.05. The first-order chi connectivity index (χ1) is 8.40. The Bertz CT molecular complexity index is 607. The van der Waals surface area contributed by atoms with Gasteiger partial charge in [0.1, 0.15) is 5.82 Å². The molecule has 1 nitrogen and oxygen atoms in total. The van der Waals surface area contributed by atoms with Crippen LogP contribution in [0.3, 0.4) is 0 Å².